The minimum Gasteiger partial charge on any atom is -0.382 e. The molecule has 0 fully saturated rings. The Morgan fingerprint density at radius 2 is 2.03 bits per heavy atom. The summed E-state index contributed by atoms with van der Waals surface area (Å²) >= 11 is 0. The fourth-order valence-electron chi connectivity index (χ4n) is 3.72. The molecule has 1 atom stereocenters. The zero-order valence-corrected chi connectivity index (χ0v) is 20.3. The zero-order valence-electron chi connectivity index (χ0n) is 20.3. The van der Waals surface area contributed by atoms with E-state index in [2.05, 4.69) is 32.4 Å². The van der Waals surface area contributed by atoms with E-state index in [0.29, 0.717) is 54.8 Å². The topological polar surface area (TPSA) is 112 Å². The Hall–Kier alpha value is -3.27. The number of rotatable bonds is 11. The minimum atomic E-state index is -0.242. The van der Waals surface area contributed by atoms with Gasteiger partial charge in [0, 0.05) is 47.0 Å². The second-order valence-corrected chi connectivity index (χ2v) is 8.16. The van der Waals surface area contributed by atoms with Crippen molar-refractivity contribution in [2.24, 2.45) is 0 Å². The molecule has 3 heterocycles. The Morgan fingerprint density at radius 3 is 2.67 bits per heavy atom. The maximum atomic E-state index is 12.5. The summed E-state index contributed by atoms with van der Waals surface area (Å²) in [5.41, 5.74) is 3.13. The van der Waals surface area contributed by atoms with Gasteiger partial charge in [0.05, 0.1) is 11.7 Å². The first-order valence-corrected chi connectivity index (χ1v) is 11.3. The van der Waals surface area contributed by atoms with Crippen molar-refractivity contribution < 1.29 is 9.53 Å². The van der Waals surface area contributed by atoms with Crippen LogP contribution in [0.25, 0.3) is 11.0 Å². The lowest BCUT2D eigenvalue weighted by atomic mass is 10.1. The monoisotopic (exact) mass is 454 g/mol. The molecule has 178 valence electrons. The van der Waals surface area contributed by atoms with Gasteiger partial charge in [0.1, 0.15) is 11.3 Å². The molecule has 1 unspecified atom stereocenters. The molecule has 0 saturated carbocycles. The van der Waals surface area contributed by atoms with Crippen LogP contribution in [-0.4, -0.2) is 69.8 Å². The highest BCUT2D eigenvalue weighted by Gasteiger charge is 2.28. The molecule has 3 aromatic heterocycles. The third-order valence-electron chi connectivity index (χ3n) is 5.30. The van der Waals surface area contributed by atoms with Crippen LogP contribution in [0.2, 0.25) is 0 Å². The fourth-order valence-corrected chi connectivity index (χ4v) is 3.72. The van der Waals surface area contributed by atoms with E-state index in [1.165, 1.54) is 0 Å². The van der Waals surface area contributed by atoms with Crippen LogP contribution in [0.15, 0.2) is 18.3 Å². The summed E-state index contributed by atoms with van der Waals surface area (Å²) in [6, 6.07) is 3.64. The van der Waals surface area contributed by atoms with Gasteiger partial charge in [-0.05, 0) is 44.4 Å². The molecule has 33 heavy (non-hydrogen) atoms. The molecule has 0 aliphatic rings. The molecule has 3 rings (SSSR count). The van der Waals surface area contributed by atoms with Crippen molar-refractivity contribution in [2.75, 3.05) is 44.1 Å². The molecule has 0 radical (unpaired) electrons. The second-order valence-electron chi connectivity index (χ2n) is 8.16. The van der Waals surface area contributed by atoms with Crippen LogP contribution in [-0.2, 0) is 9.53 Å². The lowest BCUT2D eigenvalue weighted by Crippen LogP contribution is -2.35. The first-order chi connectivity index (χ1) is 15.8. The summed E-state index contributed by atoms with van der Waals surface area (Å²) in [5.74, 6) is 1.77. The number of amides is 1. The molecule has 0 aliphatic carbocycles. The number of carbonyl (C=O) groups is 1. The predicted molar refractivity (Wildman–Crippen MR) is 130 cm³/mol. The summed E-state index contributed by atoms with van der Waals surface area (Å²) < 4.78 is 5.62. The number of H-pyrrole nitrogens is 1. The lowest BCUT2D eigenvalue weighted by molar-refractivity contribution is -0.131. The number of fused-ring (bicyclic) bond motifs is 1. The Bertz CT molecular complexity index is 1080. The van der Waals surface area contributed by atoms with Gasteiger partial charge >= 0.3 is 0 Å². The number of nitrogens with one attached hydrogen (secondary N) is 2. The highest BCUT2D eigenvalue weighted by Crippen LogP contribution is 2.32. The normalized spacial score (nSPS) is 12.1. The molecular weight excluding hydrogens is 420 g/mol. The number of ether oxygens (including phenoxy) is 1. The average Bonchev–Trinajstić information content (AvgIpc) is 3.19. The van der Waals surface area contributed by atoms with Crippen molar-refractivity contribution in [1.29, 1.82) is 0 Å². The van der Waals surface area contributed by atoms with E-state index in [4.69, 9.17) is 9.72 Å². The van der Waals surface area contributed by atoms with Crippen molar-refractivity contribution in [1.82, 2.24) is 30.0 Å². The Labute approximate surface area is 194 Å². The first-order valence-electron chi connectivity index (χ1n) is 11.3. The van der Waals surface area contributed by atoms with E-state index < -0.39 is 0 Å². The van der Waals surface area contributed by atoms with Gasteiger partial charge in [-0.3, -0.25) is 9.89 Å². The Kier molecular flexibility index (Phi) is 8.16. The molecule has 2 N–H and O–H groups in total. The number of aryl methyl sites for hydroxylation is 1. The molecule has 10 nitrogen and oxygen atoms in total. The van der Waals surface area contributed by atoms with Crippen LogP contribution in [0.5, 0.6) is 0 Å². The summed E-state index contributed by atoms with van der Waals surface area (Å²) in [7, 11) is 3.78. The molecule has 3 aromatic rings. The predicted octanol–water partition coefficient (Wildman–Crippen LogP) is 3.59. The number of carbonyl (C=O) groups excluding carboxylic acids is 1. The molecule has 10 heteroatoms. The van der Waals surface area contributed by atoms with Crippen LogP contribution in [0.1, 0.15) is 50.9 Å². The quantitative estimate of drug-likeness (QED) is 0.423. The largest absolute Gasteiger partial charge is 0.382 e. The van der Waals surface area contributed by atoms with Crippen LogP contribution in [0.3, 0.4) is 0 Å². The van der Waals surface area contributed by atoms with Gasteiger partial charge in [-0.1, -0.05) is 6.92 Å². The third kappa shape index (κ3) is 5.75. The van der Waals surface area contributed by atoms with E-state index in [9.17, 15) is 4.79 Å². The second kappa shape index (κ2) is 11.0. The van der Waals surface area contributed by atoms with Crippen molar-refractivity contribution in [3.63, 3.8) is 0 Å². The maximum Gasteiger partial charge on any atom is 0.227 e. The highest BCUT2D eigenvalue weighted by molar-refractivity contribution is 5.90. The number of pyridine rings is 1. The number of anilines is 3. The Morgan fingerprint density at radius 1 is 1.24 bits per heavy atom. The first kappa shape index (κ1) is 24.4. The molecule has 0 saturated heterocycles. The number of aromatic nitrogens is 5. The summed E-state index contributed by atoms with van der Waals surface area (Å²) in [5, 5.41) is 11.0. The van der Waals surface area contributed by atoms with Gasteiger partial charge in [0.25, 0.3) is 0 Å². The van der Waals surface area contributed by atoms with Gasteiger partial charge in [-0.25, -0.2) is 9.97 Å². The van der Waals surface area contributed by atoms with Crippen molar-refractivity contribution in [3.8, 4) is 0 Å². The van der Waals surface area contributed by atoms with Gasteiger partial charge < -0.3 is 19.9 Å². The van der Waals surface area contributed by atoms with Crippen molar-refractivity contribution >= 4 is 34.5 Å². The van der Waals surface area contributed by atoms with Crippen molar-refractivity contribution in [3.05, 3.63) is 29.6 Å². The average molecular weight is 455 g/mol. The van der Waals surface area contributed by atoms with E-state index in [-0.39, 0.29) is 11.9 Å². The zero-order chi connectivity index (χ0) is 24.0. The number of hydrogen-bond donors (Lipinski definition) is 2. The van der Waals surface area contributed by atoms with E-state index in [1.807, 2.05) is 49.9 Å². The maximum absolute atomic E-state index is 12.5. The van der Waals surface area contributed by atoms with Crippen LogP contribution in [0, 0.1) is 6.92 Å². The van der Waals surface area contributed by atoms with Crippen LogP contribution >= 0.6 is 0 Å². The van der Waals surface area contributed by atoms with Crippen molar-refractivity contribution in [2.45, 2.75) is 46.6 Å². The molecular formula is C23H34N8O2. The fraction of sp³-hybridized carbons (Fsp3) is 0.522. The van der Waals surface area contributed by atoms with E-state index in [0.717, 1.165) is 17.7 Å². The molecule has 0 aromatic carbocycles. The van der Waals surface area contributed by atoms with Gasteiger partial charge in [-0.15, -0.1) is 0 Å². The number of nitrogens with zero attached hydrogens (tertiary/aromatic N) is 6. The number of aromatic amines is 1. The van der Waals surface area contributed by atoms with Gasteiger partial charge in [-0.2, -0.15) is 10.1 Å². The SMILES string of the molecule is CCCN(C(C)=O)C(CCOCC)c1[nH]nc2c(Nc3cc(C)ccn3)nc(N(C)C)nc12. The third-order valence-corrected chi connectivity index (χ3v) is 5.30. The number of hydrogen-bond acceptors (Lipinski definition) is 8. The van der Waals surface area contributed by atoms with Crippen LogP contribution in [0.4, 0.5) is 17.6 Å². The highest BCUT2D eigenvalue weighted by atomic mass is 16.5. The van der Waals surface area contributed by atoms with E-state index in [1.54, 1.807) is 13.1 Å². The lowest BCUT2D eigenvalue weighted by Gasteiger charge is -2.30. The van der Waals surface area contributed by atoms with E-state index >= 15 is 0 Å². The molecule has 0 bridgehead atoms. The Balaban J connectivity index is 2.12. The summed E-state index contributed by atoms with van der Waals surface area (Å²) in [6.45, 7) is 9.41. The molecule has 1 amide bonds. The standard InChI is InChI=1S/C23H34N8O2/c1-7-12-31(16(4)32)17(10-13-33-8-2)19-20-21(29-28-19)22(27-23(26-20)30(5)6)25-18-14-15(3)9-11-24-18/h9,11,14,17H,7-8,10,12-13H2,1-6H3,(H,28,29)(H,24,25,26,27). The smallest absolute Gasteiger partial charge is 0.227 e. The summed E-state index contributed by atoms with van der Waals surface area (Å²) in [4.78, 5) is 30.1. The minimum absolute atomic E-state index is 0.00490. The molecule has 0 aliphatic heterocycles. The van der Waals surface area contributed by atoms with Gasteiger partial charge in [0.15, 0.2) is 11.3 Å². The molecule has 0 spiro atoms. The summed E-state index contributed by atoms with van der Waals surface area (Å²) in [6.07, 6.45) is 3.23. The van der Waals surface area contributed by atoms with Crippen LogP contribution < -0.4 is 10.2 Å². The van der Waals surface area contributed by atoms with Gasteiger partial charge in [0.2, 0.25) is 11.9 Å².